The summed E-state index contributed by atoms with van der Waals surface area (Å²) in [5, 5.41) is 1.11. The number of benzene rings is 1. The van der Waals surface area contributed by atoms with E-state index in [9.17, 15) is 0 Å². The molecule has 16 heavy (non-hydrogen) atoms. The zero-order valence-electron chi connectivity index (χ0n) is 9.53. The first-order valence-electron chi connectivity index (χ1n) is 5.41. The molecule has 0 atom stereocenters. The van der Waals surface area contributed by atoms with Gasteiger partial charge in [-0.25, -0.2) is 4.98 Å². The number of aromatic nitrogens is 1. The Morgan fingerprint density at radius 2 is 1.94 bits per heavy atom. The van der Waals surface area contributed by atoms with Gasteiger partial charge in [-0.1, -0.05) is 36.8 Å². The van der Waals surface area contributed by atoms with Crippen LogP contribution in [0.15, 0.2) is 24.3 Å². The Balaban J connectivity index is 2.40. The molecular formula is C13H15NS2. The van der Waals surface area contributed by atoms with Crippen molar-refractivity contribution in [3.05, 3.63) is 40.4 Å². The van der Waals surface area contributed by atoms with Crippen molar-refractivity contribution in [2.24, 2.45) is 0 Å². The first-order chi connectivity index (χ1) is 7.74. The monoisotopic (exact) mass is 249 g/mol. The molecule has 1 heterocycles. The summed E-state index contributed by atoms with van der Waals surface area (Å²) in [6.07, 6.45) is 0.984. The van der Waals surface area contributed by atoms with Gasteiger partial charge in [-0.05, 0) is 13.3 Å². The fourth-order valence-corrected chi connectivity index (χ4v) is 2.99. The van der Waals surface area contributed by atoms with Gasteiger partial charge in [-0.2, -0.15) is 12.6 Å². The summed E-state index contributed by atoms with van der Waals surface area (Å²) in [6, 6.07) is 8.53. The van der Waals surface area contributed by atoms with Crippen LogP contribution in [0.1, 0.15) is 23.1 Å². The largest absolute Gasteiger partial charge is 0.241 e. The molecule has 1 aromatic heterocycles. The van der Waals surface area contributed by atoms with E-state index in [1.165, 1.54) is 21.7 Å². The number of thiol groups is 1. The van der Waals surface area contributed by atoms with Crippen molar-refractivity contribution >= 4 is 24.0 Å². The summed E-state index contributed by atoms with van der Waals surface area (Å²) in [5.41, 5.74) is 3.68. The van der Waals surface area contributed by atoms with E-state index in [1.807, 2.05) is 0 Å². The van der Waals surface area contributed by atoms with E-state index in [4.69, 9.17) is 0 Å². The minimum Gasteiger partial charge on any atom is -0.241 e. The molecule has 0 fully saturated rings. The van der Waals surface area contributed by atoms with Crippen LogP contribution in [0, 0.1) is 6.92 Å². The number of hydrogen-bond acceptors (Lipinski definition) is 3. The van der Waals surface area contributed by atoms with E-state index in [2.05, 4.69) is 55.7 Å². The van der Waals surface area contributed by atoms with Crippen molar-refractivity contribution < 1.29 is 0 Å². The van der Waals surface area contributed by atoms with Gasteiger partial charge in [0, 0.05) is 16.2 Å². The Hall–Kier alpha value is -0.800. The highest BCUT2D eigenvalue weighted by molar-refractivity contribution is 7.79. The number of rotatable bonds is 3. The molecule has 0 saturated carbocycles. The van der Waals surface area contributed by atoms with Gasteiger partial charge in [0.1, 0.15) is 5.01 Å². The van der Waals surface area contributed by atoms with Gasteiger partial charge < -0.3 is 0 Å². The van der Waals surface area contributed by atoms with E-state index >= 15 is 0 Å². The minimum atomic E-state index is 0.784. The quantitative estimate of drug-likeness (QED) is 0.808. The Kier molecular flexibility index (Phi) is 3.66. The standard InChI is InChI=1S/C13H15NS2/c1-3-11-12(8-15)16-13(14-11)10-6-4-9(2)5-7-10/h4-7,15H,3,8H2,1-2H3. The van der Waals surface area contributed by atoms with Crippen LogP contribution < -0.4 is 0 Å². The lowest BCUT2D eigenvalue weighted by Crippen LogP contribution is -1.84. The normalized spacial score (nSPS) is 10.7. The number of hydrogen-bond donors (Lipinski definition) is 1. The summed E-state index contributed by atoms with van der Waals surface area (Å²) >= 11 is 6.10. The molecule has 0 aliphatic rings. The molecule has 0 bridgehead atoms. The van der Waals surface area contributed by atoms with E-state index in [0.717, 1.165) is 17.2 Å². The molecule has 0 aliphatic heterocycles. The van der Waals surface area contributed by atoms with Gasteiger partial charge in [0.2, 0.25) is 0 Å². The molecule has 1 nitrogen and oxygen atoms in total. The summed E-state index contributed by atoms with van der Waals surface area (Å²) < 4.78 is 0. The molecule has 3 heteroatoms. The zero-order valence-corrected chi connectivity index (χ0v) is 11.2. The second-order valence-corrected chi connectivity index (χ2v) is 5.17. The summed E-state index contributed by atoms with van der Waals surface area (Å²) in [5.74, 6) is 0.784. The molecule has 0 amide bonds. The van der Waals surface area contributed by atoms with E-state index < -0.39 is 0 Å². The second-order valence-electron chi connectivity index (χ2n) is 3.77. The zero-order chi connectivity index (χ0) is 11.5. The maximum absolute atomic E-state index is 4.67. The maximum atomic E-state index is 4.67. The minimum absolute atomic E-state index is 0.784. The van der Waals surface area contributed by atoms with Gasteiger partial charge in [-0.15, -0.1) is 11.3 Å². The van der Waals surface area contributed by atoms with Crippen molar-refractivity contribution in [2.45, 2.75) is 26.0 Å². The maximum Gasteiger partial charge on any atom is 0.123 e. The topological polar surface area (TPSA) is 12.9 Å². The average molecular weight is 249 g/mol. The van der Waals surface area contributed by atoms with Gasteiger partial charge in [0.05, 0.1) is 5.69 Å². The Morgan fingerprint density at radius 1 is 1.25 bits per heavy atom. The Morgan fingerprint density at radius 3 is 2.44 bits per heavy atom. The summed E-state index contributed by atoms with van der Waals surface area (Å²) in [6.45, 7) is 4.24. The number of thiazole rings is 1. The average Bonchev–Trinajstić information content (AvgIpc) is 2.73. The highest BCUT2D eigenvalue weighted by atomic mass is 32.1. The highest BCUT2D eigenvalue weighted by Gasteiger charge is 2.09. The van der Waals surface area contributed by atoms with E-state index in [1.54, 1.807) is 11.3 Å². The van der Waals surface area contributed by atoms with Crippen LogP contribution in [0.3, 0.4) is 0 Å². The fourth-order valence-electron chi connectivity index (χ4n) is 1.60. The SMILES string of the molecule is CCc1nc(-c2ccc(C)cc2)sc1CS. The van der Waals surface area contributed by atoms with Gasteiger partial charge in [0.25, 0.3) is 0 Å². The van der Waals surface area contributed by atoms with Crippen molar-refractivity contribution in [1.82, 2.24) is 4.98 Å². The Labute approximate surface area is 106 Å². The van der Waals surface area contributed by atoms with Crippen LogP contribution in [0.5, 0.6) is 0 Å². The smallest absolute Gasteiger partial charge is 0.123 e. The van der Waals surface area contributed by atoms with E-state index in [-0.39, 0.29) is 0 Å². The summed E-state index contributed by atoms with van der Waals surface area (Å²) in [4.78, 5) is 5.96. The lowest BCUT2D eigenvalue weighted by Gasteiger charge is -1.96. The lowest BCUT2D eigenvalue weighted by atomic mass is 10.2. The van der Waals surface area contributed by atoms with Crippen LogP contribution >= 0.6 is 24.0 Å². The third-order valence-corrected chi connectivity index (χ3v) is 4.23. The molecular weight excluding hydrogens is 234 g/mol. The fraction of sp³-hybridized carbons (Fsp3) is 0.308. The van der Waals surface area contributed by atoms with Gasteiger partial charge in [-0.3, -0.25) is 0 Å². The molecule has 2 rings (SSSR count). The van der Waals surface area contributed by atoms with Crippen LogP contribution in [0.25, 0.3) is 10.6 Å². The van der Waals surface area contributed by atoms with Crippen LogP contribution in [-0.4, -0.2) is 4.98 Å². The molecule has 0 radical (unpaired) electrons. The van der Waals surface area contributed by atoms with Crippen molar-refractivity contribution in [3.8, 4) is 10.6 Å². The lowest BCUT2D eigenvalue weighted by molar-refractivity contribution is 1.04. The molecule has 2 aromatic rings. The molecule has 0 aliphatic carbocycles. The Bertz CT molecular complexity index is 450. The second kappa shape index (κ2) is 5.02. The van der Waals surface area contributed by atoms with Crippen molar-refractivity contribution in [3.63, 3.8) is 0 Å². The molecule has 0 saturated heterocycles. The number of aryl methyl sites for hydroxylation is 2. The first kappa shape index (κ1) is 11.7. The molecule has 1 aromatic carbocycles. The predicted molar refractivity (Wildman–Crippen MR) is 74.4 cm³/mol. The predicted octanol–water partition coefficient (Wildman–Crippen LogP) is 4.11. The third-order valence-electron chi connectivity index (χ3n) is 2.56. The van der Waals surface area contributed by atoms with Crippen LogP contribution in [-0.2, 0) is 12.2 Å². The third kappa shape index (κ3) is 2.30. The number of nitrogens with zero attached hydrogens (tertiary/aromatic N) is 1. The van der Waals surface area contributed by atoms with Gasteiger partial charge >= 0.3 is 0 Å². The van der Waals surface area contributed by atoms with Crippen molar-refractivity contribution in [2.75, 3.05) is 0 Å². The van der Waals surface area contributed by atoms with Crippen LogP contribution in [0.4, 0.5) is 0 Å². The van der Waals surface area contributed by atoms with Crippen molar-refractivity contribution in [1.29, 1.82) is 0 Å². The first-order valence-corrected chi connectivity index (χ1v) is 6.86. The molecule has 0 N–H and O–H groups in total. The van der Waals surface area contributed by atoms with Crippen LogP contribution in [0.2, 0.25) is 0 Å². The highest BCUT2D eigenvalue weighted by Crippen LogP contribution is 2.29. The van der Waals surface area contributed by atoms with Gasteiger partial charge in [0.15, 0.2) is 0 Å². The molecule has 0 unspecified atom stereocenters. The summed E-state index contributed by atoms with van der Waals surface area (Å²) in [7, 11) is 0. The molecule has 0 spiro atoms. The molecule has 84 valence electrons. The van der Waals surface area contributed by atoms with E-state index in [0.29, 0.717) is 0 Å².